The van der Waals surface area contributed by atoms with Gasteiger partial charge in [-0.15, -0.1) is 10.2 Å². The number of thioether (sulfide) groups is 1. The monoisotopic (exact) mass is 301 g/mol. The summed E-state index contributed by atoms with van der Waals surface area (Å²) in [5.74, 6) is 0.905. The molecule has 0 aromatic carbocycles. The van der Waals surface area contributed by atoms with Crippen LogP contribution < -0.4 is 5.32 Å². The number of ether oxygens (including phenoxy) is 1. The number of hydrogen-bond acceptors (Lipinski definition) is 7. The van der Waals surface area contributed by atoms with Gasteiger partial charge in [-0.25, -0.2) is 0 Å². The fourth-order valence-corrected chi connectivity index (χ4v) is 3.93. The molecule has 0 bridgehead atoms. The molecular formula is C12H19N3O2S2. The van der Waals surface area contributed by atoms with Crippen molar-refractivity contribution in [3.63, 3.8) is 0 Å². The van der Waals surface area contributed by atoms with Crippen LogP contribution >= 0.6 is 23.1 Å². The van der Waals surface area contributed by atoms with E-state index in [0.717, 1.165) is 23.7 Å². The molecule has 106 valence electrons. The van der Waals surface area contributed by atoms with Crippen LogP contribution in [-0.4, -0.2) is 40.6 Å². The molecule has 1 N–H and O–H groups in total. The second-order valence-electron chi connectivity index (χ2n) is 4.49. The topological polar surface area (TPSA) is 64.1 Å². The highest BCUT2D eigenvalue weighted by atomic mass is 32.2. The van der Waals surface area contributed by atoms with E-state index in [2.05, 4.69) is 15.5 Å². The summed E-state index contributed by atoms with van der Waals surface area (Å²) < 4.78 is 6.18. The quantitative estimate of drug-likeness (QED) is 0.585. The van der Waals surface area contributed by atoms with Gasteiger partial charge in [0, 0.05) is 5.75 Å². The third-order valence-corrected chi connectivity index (χ3v) is 5.22. The molecule has 0 radical (unpaired) electrons. The van der Waals surface area contributed by atoms with E-state index in [4.69, 9.17) is 4.74 Å². The molecule has 0 spiro atoms. The Bertz CT molecular complexity index is 409. The van der Waals surface area contributed by atoms with E-state index in [1.807, 2.05) is 13.8 Å². The lowest BCUT2D eigenvalue weighted by molar-refractivity contribution is -0.151. The van der Waals surface area contributed by atoms with E-state index >= 15 is 0 Å². The van der Waals surface area contributed by atoms with Crippen LogP contribution in [0.1, 0.15) is 26.7 Å². The molecule has 0 saturated heterocycles. The zero-order valence-electron chi connectivity index (χ0n) is 11.2. The first-order valence-electron chi connectivity index (χ1n) is 6.54. The van der Waals surface area contributed by atoms with Crippen molar-refractivity contribution in [2.75, 3.05) is 18.9 Å². The van der Waals surface area contributed by atoms with Gasteiger partial charge in [0.25, 0.3) is 0 Å². The van der Waals surface area contributed by atoms with Gasteiger partial charge in [0.15, 0.2) is 4.34 Å². The van der Waals surface area contributed by atoms with Crippen molar-refractivity contribution in [1.82, 2.24) is 15.5 Å². The predicted octanol–water partition coefficient (Wildman–Crippen LogP) is 1.95. The number of carbonyl (C=O) groups excluding carboxylic acids is 1. The first kappa shape index (κ1) is 14.7. The van der Waals surface area contributed by atoms with Crippen LogP contribution in [0.25, 0.3) is 0 Å². The second kappa shape index (κ2) is 6.67. The molecule has 1 saturated carbocycles. The summed E-state index contributed by atoms with van der Waals surface area (Å²) in [5.41, 5.74) is 1.14. The number of nitrogens with one attached hydrogen (secondary N) is 1. The van der Waals surface area contributed by atoms with E-state index in [0.29, 0.717) is 18.3 Å². The van der Waals surface area contributed by atoms with Gasteiger partial charge in [-0.05, 0) is 32.2 Å². The number of esters is 1. The Morgan fingerprint density at radius 1 is 1.63 bits per heavy atom. The molecular weight excluding hydrogens is 282 g/mol. The Hall–Kier alpha value is -0.660. The molecule has 1 heterocycles. The molecule has 0 aliphatic heterocycles. The maximum atomic E-state index is 12.4. The first-order chi connectivity index (χ1) is 9.23. The van der Waals surface area contributed by atoms with Gasteiger partial charge in [0.05, 0.1) is 6.61 Å². The Kier molecular flexibility index (Phi) is 5.18. The summed E-state index contributed by atoms with van der Waals surface area (Å²) in [5, 5.41) is 11.2. The summed E-state index contributed by atoms with van der Waals surface area (Å²) in [6.07, 6.45) is 2.17. The van der Waals surface area contributed by atoms with Crippen LogP contribution in [0.15, 0.2) is 9.85 Å². The Morgan fingerprint density at radius 3 is 2.95 bits per heavy atom. The fraction of sp³-hybridized carbons (Fsp3) is 0.750. The van der Waals surface area contributed by atoms with E-state index in [9.17, 15) is 4.79 Å². The molecule has 0 amide bonds. The average molecular weight is 301 g/mol. The van der Waals surface area contributed by atoms with Gasteiger partial charge in [0.1, 0.15) is 11.0 Å². The third-order valence-electron chi connectivity index (χ3n) is 3.17. The van der Waals surface area contributed by atoms with Crippen molar-refractivity contribution in [2.24, 2.45) is 5.92 Å². The highest BCUT2D eigenvalue weighted by Crippen LogP contribution is 2.43. The Morgan fingerprint density at radius 2 is 2.42 bits per heavy atom. The van der Waals surface area contributed by atoms with Crippen LogP contribution in [0, 0.1) is 5.92 Å². The Balaban J connectivity index is 2.09. The number of likely N-dealkylation sites (N-methyl/N-ethyl adjacent to an activating group) is 1. The van der Waals surface area contributed by atoms with E-state index in [1.165, 1.54) is 11.3 Å². The van der Waals surface area contributed by atoms with Crippen molar-refractivity contribution >= 4 is 29.1 Å². The van der Waals surface area contributed by atoms with E-state index in [1.54, 1.807) is 17.3 Å². The lowest BCUT2D eigenvalue weighted by Crippen LogP contribution is -2.57. The zero-order chi connectivity index (χ0) is 13.7. The Labute approximate surface area is 121 Å². The van der Waals surface area contributed by atoms with Gasteiger partial charge >= 0.3 is 5.97 Å². The summed E-state index contributed by atoms with van der Waals surface area (Å²) >= 11 is 3.08. The SMILES string of the molecule is CCNC(CSc1nncs1)(C(=O)OCC)C1CC1. The summed E-state index contributed by atoms with van der Waals surface area (Å²) in [7, 11) is 0. The lowest BCUT2D eigenvalue weighted by atomic mass is 9.95. The molecule has 1 aliphatic carbocycles. The summed E-state index contributed by atoms with van der Waals surface area (Å²) in [4.78, 5) is 12.4. The molecule has 7 heteroatoms. The van der Waals surface area contributed by atoms with Crippen LogP contribution in [0.4, 0.5) is 0 Å². The molecule has 1 aromatic rings. The molecule has 19 heavy (non-hydrogen) atoms. The number of nitrogens with zero attached hydrogens (tertiary/aromatic N) is 2. The largest absolute Gasteiger partial charge is 0.465 e. The van der Waals surface area contributed by atoms with Crippen molar-refractivity contribution in [1.29, 1.82) is 0 Å². The highest BCUT2D eigenvalue weighted by Gasteiger charge is 2.51. The fourth-order valence-electron chi connectivity index (χ4n) is 2.16. The van der Waals surface area contributed by atoms with Crippen LogP contribution in [-0.2, 0) is 9.53 Å². The maximum absolute atomic E-state index is 12.4. The molecule has 1 aromatic heterocycles. The summed E-state index contributed by atoms with van der Waals surface area (Å²) in [6, 6.07) is 0. The smallest absolute Gasteiger partial charge is 0.327 e. The third kappa shape index (κ3) is 3.46. The van der Waals surface area contributed by atoms with Gasteiger partial charge in [0.2, 0.25) is 0 Å². The minimum atomic E-state index is -0.568. The highest BCUT2D eigenvalue weighted by molar-refractivity contribution is 8.01. The van der Waals surface area contributed by atoms with E-state index in [-0.39, 0.29) is 5.97 Å². The molecule has 1 fully saturated rings. The molecule has 5 nitrogen and oxygen atoms in total. The van der Waals surface area contributed by atoms with Crippen molar-refractivity contribution < 1.29 is 9.53 Å². The van der Waals surface area contributed by atoms with Gasteiger partial charge in [-0.3, -0.25) is 4.79 Å². The zero-order valence-corrected chi connectivity index (χ0v) is 12.9. The number of rotatable bonds is 8. The van der Waals surface area contributed by atoms with Crippen LogP contribution in [0.5, 0.6) is 0 Å². The van der Waals surface area contributed by atoms with Crippen molar-refractivity contribution in [2.45, 2.75) is 36.6 Å². The summed E-state index contributed by atoms with van der Waals surface area (Å²) in [6.45, 7) is 5.04. The molecule has 1 unspecified atom stereocenters. The van der Waals surface area contributed by atoms with Gasteiger partial charge in [-0.1, -0.05) is 30.0 Å². The van der Waals surface area contributed by atoms with Crippen molar-refractivity contribution in [3.8, 4) is 0 Å². The van der Waals surface area contributed by atoms with Crippen LogP contribution in [0.3, 0.4) is 0 Å². The minimum absolute atomic E-state index is 0.128. The van der Waals surface area contributed by atoms with Gasteiger partial charge in [-0.2, -0.15) is 0 Å². The first-order valence-corrected chi connectivity index (χ1v) is 8.40. The van der Waals surface area contributed by atoms with Crippen molar-refractivity contribution in [3.05, 3.63) is 5.51 Å². The minimum Gasteiger partial charge on any atom is -0.465 e. The van der Waals surface area contributed by atoms with E-state index < -0.39 is 5.54 Å². The van der Waals surface area contributed by atoms with Crippen LogP contribution in [0.2, 0.25) is 0 Å². The lowest BCUT2D eigenvalue weighted by Gasteiger charge is -2.31. The number of hydrogen-bond donors (Lipinski definition) is 1. The number of carbonyl (C=O) groups is 1. The number of aromatic nitrogens is 2. The standard InChI is InChI=1S/C12H19N3O2S2/c1-3-13-12(9-5-6-9,10(16)17-4-2)7-18-11-15-14-8-19-11/h8-9,13H,3-7H2,1-2H3. The predicted molar refractivity (Wildman–Crippen MR) is 76.4 cm³/mol. The molecule has 1 atom stereocenters. The van der Waals surface area contributed by atoms with Gasteiger partial charge < -0.3 is 10.1 Å². The normalized spacial score (nSPS) is 18.0. The average Bonchev–Trinajstić information content (AvgIpc) is 3.12. The maximum Gasteiger partial charge on any atom is 0.327 e. The molecule has 2 rings (SSSR count). The molecule has 1 aliphatic rings. The second-order valence-corrected chi connectivity index (χ2v) is 6.55.